The van der Waals surface area contributed by atoms with Crippen LogP contribution in [-0.4, -0.2) is 20.2 Å². The molecule has 2 heterocycles. The average Bonchev–Trinajstić information content (AvgIpc) is 2.83. The number of hydrogen-bond donors (Lipinski definition) is 3. The molecule has 0 radical (unpaired) electrons. The fourth-order valence-corrected chi connectivity index (χ4v) is 1.74. The van der Waals surface area contributed by atoms with E-state index in [0.717, 1.165) is 16.7 Å². The van der Waals surface area contributed by atoms with Crippen LogP contribution in [0.5, 0.6) is 0 Å². The standard InChI is InChI=1S/C10H8ClN5/c11-5-1-2-6-7(3-5)14-10(13-6)8-4-9(12)16-15-8/h1-4H,(H,13,14)(H3,12,15,16). The van der Waals surface area contributed by atoms with Crippen molar-refractivity contribution in [2.24, 2.45) is 0 Å². The molecule has 16 heavy (non-hydrogen) atoms. The van der Waals surface area contributed by atoms with Gasteiger partial charge in [-0.05, 0) is 18.2 Å². The average molecular weight is 234 g/mol. The fraction of sp³-hybridized carbons (Fsp3) is 0. The molecule has 0 saturated carbocycles. The van der Waals surface area contributed by atoms with Crippen molar-refractivity contribution >= 4 is 28.5 Å². The third-order valence-electron chi connectivity index (χ3n) is 2.30. The molecule has 3 rings (SSSR count). The summed E-state index contributed by atoms with van der Waals surface area (Å²) in [6.07, 6.45) is 0. The summed E-state index contributed by atoms with van der Waals surface area (Å²) in [6, 6.07) is 7.21. The molecule has 1 aromatic carbocycles. The number of aromatic nitrogens is 4. The van der Waals surface area contributed by atoms with Crippen molar-refractivity contribution in [2.75, 3.05) is 5.73 Å². The minimum atomic E-state index is 0.438. The van der Waals surface area contributed by atoms with E-state index in [2.05, 4.69) is 20.2 Å². The number of imidazole rings is 1. The Balaban J connectivity index is 2.18. The van der Waals surface area contributed by atoms with Crippen LogP contribution in [0.25, 0.3) is 22.6 Å². The highest BCUT2D eigenvalue weighted by Crippen LogP contribution is 2.22. The molecule has 0 aliphatic rings. The first-order chi connectivity index (χ1) is 7.72. The molecule has 0 spiro atoms. The second kappa shape index (κ2) is 3.24. The molecule has 0 bridgehead atoms. The molecule has 6 heteroatoms. The normalized spacial score (nSPS) is 11.1. The van der Waals surface area contributed by atoms with Crippen LogP contribution in [-0.2, 0) is 0 Å². The molecule has 0 saturated heterocycles. The Morgan fingerprint density at radius 1 is 1.25 bits per heavy atom. The molecule has 0 atom stereocenters. The second-order valence-electron chi connectivity index (χ2n) is 3.45. The number of benzene rings is 1. The summed E-state index contributed by atoms with van der Waals surface area (Å²) in [5.74, 6) is 1.13. The predicted molar refractivity (Wildman–Crippen MR) is 63.1 cm³/mol. The van der Waals surface area contributed by atoms with Gasteiger partial charge in [0.25, 0.3) is 0 Å². The van der Waals surface area contributed by atoms with Crippen LogP contribution < -0.4 is 5.73 Å². The van der Waals surface area contributed by atoms with Crippen LogP contribution in [0.1, 0.15) is 0 Å². The van der Waals surface area contributed by atoms with Gasteiger partial charge in [0.2, 0.25) is 0 Å². The van der Waals surface area contributed by atoms with E-state index in [1.54, 1.807) is 12.1 Å². The molecule has 0 aliphatic carbocycles. The molecule has 0 fully saturated rings. The molecule has 0 amide bonds. The summed E-state index contributed by atoms with van der Waals surface area (Å²) in [5.41, 5.74) is 8.02. The maximum absolute atomic E-state index is 5.89. The van der Waals surface area contributed by atoms with Gasteiger partial charge in [-0.2, -0.15) is 5.10 Å². The number of hydrogen-bond acceptors (Lipinski definition) is 3. The van der Waals surface area contributed by atoms with E-state index in [4.69, 9.17) is 17.3 Å². The number of H-pyrrole nitrogens is 2. The fourth-order valence-electron chi connectivity index (χ4n) is 1.57. The summed E-state index contributed by atoms with van der Waals surface area (Å²) < 4.78 is 0. The Labute approximate surface area is 95.6 Å². The Bertz CT molecular complexity index is 654. The molecule has 80 valence electrons. The van der Waals surface area contributed by atoms with Crippen LogP contribution in [0.15, 0.2) is 24.3 Å². The number of fused-ring (bicyclic) bond motifs is 1. The number of aromatic amines is 2. The second-order valence-corrected chi connectivity index (χ2v) is 3.89. The Morgan fingerprint density at radius 3 is 2.88 bits per heavy atom. The zero-order valence-electron chi connectivity index (χ0n) is 8.16. The third kappa shape index (κ3) is 1.42. The molecule has 4 N–H and O–H groups in total. The van der Waals surface area contributed by atoms with Gasteiger partial charge in [-0.3, -0.25) is 5.10 Å². The zero-order valence-corrected chi connectivity index (χ0v) is 8.92. The van der Waals surface area contributed by atoms with Crippen LogP contribution in [0, 0.1) is 0 Å². The van der Waals surface area contributed by atoms with E-state index in [9.17, 15) is 0 Å². The number of nitrogens with one attached hydrogen (secondary N) is 2. The maximum atomic E-state index is 5.89. The van der Waals surface area contributed by atoms with Gasteiger partial charge in [-0.15, -0.1) is 0 Å². The van der Waals surface area contributed by atoms with Gasteiger partial charge in [0, 0.05) is 11.1 Å². The van der Waals surface area contributed by atoms with Gasteiger partial charge < -0.3 is 10.7 Å². The van der Waals surface area contributed by atoms with Crippen molar-refractivity contribution in [3.8, 4) is 11.5 Å². The van der Waals surface area contributed by atoms with Gasteiger partial charge in [0.05, 0.1) is 11.0 Å². The van der Waals surface area contributed by atoms with E-state index in [1.165, 1.54) is 0 Å². The quantitative estimate of drug-likeness (QED) is 0.602. The van der Waals surface area contributed by atoms with E-state index >= 15 is 0 Å². The molecule has 3 aromatic rings. The summed E-state index contributed by atoms with van der Waals surface area (Å²) in [6.45, 7) is 0. The van der Waals surface area contributed by atoms with Gasteiger partial charge >= 0.3 is 0 Å². The van der Waals surface area contributed by atoms with E-state index in [-0.39, 0.29) is 0 Å². The molecule has 0 unspecified atom stereocenters. The first kappa shape index (κ1) is 9.23. The van der Waals surface area contributed by atoms with Crippen molar-refractivity contribution < 1.29 is 0 Å². The Morgan fingerprint density at radius 2 is 2.12 bits per heavy atom. The topological polar surface area (TPSA) is 83.4 Å². The number of anilines is 1. The summed E-state index contributed by atoms with van der Waals surface area (Å²) in [4.78, 5) is 7.54. The number of halogens is 1. The van der Waals surface area contributed by atoms with Gasteiger partial charge in [-0.1, -0.05) is 11.6 Å². The van der Waals surface area contributed by atoms with Crippen LogP contribution in [0.3, 0.4) is 0 Å². The van der Waals surface area contributed by atoms with Crippen LogP contribution >= 0.6 is 11.6 Å². The van der Waals surface area contributed by atoms with Gasteiger partial charge in [0.15, 0.2) is 5.82 Å². The highest BCUT2D eigenvalue weighted by atomic mass is 35.5. The molecular weight excluding hydrogens is 226 g/mol. The lowest BCUT2D eigenvalue weighted by Crippen LogP contribution is -1.81. The zero-order chi connectivity index (χ0) is 11.1. The largest absolute Gasteiger partial charge is 0.382 e. The first-order valence-corrected chi connectivity index (χ1v) is 5.07. The van der Waals surface area contributed by atoms with E-state index < -0.39 is 0 Å². The highest BCUT2D eigenvalue weighted by Gasteiger charge is 2.07. The minimum Gasteiger partial charge on any atom is -0.382 e. The monoisotopic (exact) mass is 233 g/mol. The van der Waals surface area contributed by atoms with Crippen molar-refractivity contribution in [3.63, 3.8) is 0 Å². The summed E-state index contributed by atoms with van der Waals surface area (Å²) >= 11 is 5.89. The van der Waals surface area contributed by atoms with Crippen molar-refractivity contribution in [3.05, 3.63) is 29.3 Å². The van der Waals surface area contributed by atoms with Gasteiger partial charge in [0.1, 0.15) is 11.5 Å². The maximum Gasteiger partial charge on any atom is 0.156 e. The SMILES string of the molecule is Nc1cc(-c2nc3ccc(Cl)cc3[nH]2)[nH]n1. The van der Waals surface area contributed by atoms with Crippen molar-refractivity contribution in [2.45, 2.75) is 0 Å². The third-order valence-corrected chi connectivity index (χ3v) is 2.53. The molecular formula is C10H8ClN5. The van der Waals surface area contributed by atoms with Crippen LogP contribution in [0.2, 0.25) is 5.02 Å². The lowest BCUT2D eigenvalue weighted by molar-refractivity contribution is 1.09. The van der Waals surface area contributed by atoms with E-state index in [0.29, 0.717) is 16.7 Å². The lowest BCUT2D eigenvalue weighted by atomic mass is 10.3. The van der Waals surface area contributed by atoms with E-state index in [1.807, 2.05) is 12.1 Å². The molecule has 5 nitrogen and oxygen atoms in total. The van der Waals surface area contributed by atoms with Crippen LogP contribution in [0.4, 0.5) is 5.82 Å². The minimum absolute atomic E-state index is 0.438. The molecule has 2 aromatic heterocycles. The van der Waals surface area contributed by atoms with Gasteiger partial charge in [-0.25, -0.2) is 4.98 Å². The Hall–Kier alpha value is -2.01. The first-order valence-electron chi connectivity index (χ1n) is 4.69. The highest BCUT2D eigenvalue weighted by molar-refractivity contribution is 6.31. The molecule has 0 aliphatic heterocycles. The number of nitrogen functional groups attached to an aromatic ring is 1. The number of nitrogens with two attached hydrogens (primary N) is 1. The Kier molecular flexibility index (Phi) is 1.87. The number of rotatable bonds is 1. The van der Waals surface area contributed by atoms with Crippen molar-refractivity contribution in [1.29, 1.82) is 0 Å². The predicted octanol–water partition coefficient (Wildman–Crippen LogP) is 2.19. The lowest BCUT2D eigenvalue weighted by Gasteiger charge is -1.87. The van der Waals surface area contributed by atoms with Crippen molar-refractivity contribution in [1.82, 2.24) is 20.2 Å². The smallest absolute Gasteiger partial charge is 0.156 e. The summed E-state index contributed by atoms with van der Waals surface area (Å²) in [5, 5.41) is 7.32. The number of nitrogens with zero attached hydrogens (tertiary/aromatic N) is 2. The summed E-state index contributed by atoms with van der Waals surface area (Å²) in [7, 11) is 0.